The minimum atomic E-state index is -0.104. The molecular weight excluding hydrogens is 242 g/mol. The molecule has 1 N–H and O–H groups in total. The smallest absolute Gasteiger partial charge is 0.243 e. The third-order valence-electron chi connectivity index (χ3n) is 2.44. The fourth-order valence-electron chi connectivity index (χ4n) is 1.40. The minimum absolute atomic E-state index is 0.104. The number of amides is 1. The zero-order chi connectivity index (χ0) is 14.1. The van der Waals surface area contributed by atoms with E-state index in [1.165, 1.54) is 5.56 Å². The van der Waals surface area contributed by atoms with Crippen LogP contribution in [0, 0.1) is 12.8 Å². The highest BCUT2D eigenvalue weighted by atomic mass is 16.6. The summed E-state index contributed by atoms with van der Waals surface area (Å²) in [5.41, 5.74) is 3.63. The van der Waals surface area contributed by atoms with E-state index < -0.39 is 0 Å². The molecule has 0 atom stereocenters. The molecule has 0 aromatic heterocycles. The van der Waals surface area contributed by atoms with Crippen molar-refractivity contribution in [3.63, 3.8) is 0 Å². The van der Waals surface area contributed by atoms with Gasteiger partial charge in [0, 0.05) is 6.42 Å². The summed E-state index contributed by atoms with van der Waals surface area (Å²) in [6.07, 6.45) is 1.08. The number of carbonyl (C=O) groups is 1. The monoisotopic (exact) mass is 265 g/mol. The van der Waals surface area contributed by atoms with E-state index in [0.717, 1.165) is 5.75 Å². The molecule has 1 rings (SSSR count). The standard InChI is InChI=1S/C15H23NO3/c1-12(2)11-19-16-15(17)5-4-10-18-14-8-6-13(3)7-9-14/h6-9,12H,4-5,10-11H2,1-3H3,(H,16,17). The predicted molar refractivity (Wildman–Crippen MR) is 74.8 cm³/mol. The number of hydrogen-bond acceptors (Lipinski definition) is 3. The van der Waals surface area contributed by atoms with Gasteiger partial charge in [0.25, 0.3) is 0 Å². The van der Waals surface area contributed by atoms with Crippen LogP contribution in [0.1, 0.15) is 32.3 Å². The number of benzene rings is 1. The number of ether oxygens (including phenoxy) is 1. The Kier molecular flexibility index (Phi) is 6.97. The Morgan fingerprint density at radius 2 is 1.95 bits per heavy atom. The maximum Gasteiger partial charge on any atom is 0.243 e. The molecule has 0 saturated heterocycles. The molecule has 0 aliphatic rings. The highest BCUT2D eigenvalue weighted by Crippen LogP contribution is 2.11. The highest BCUT2D eigenvalue weighted by molar-refractivity contribution is 5.74. The lowest BCUT2D eigenvalue weighted by Gasteiger charge is -2.08. The summed E-state index contributed by atoms with van der Waals surface area (Å²) in [6, 6.07) is 7.87. The van der Waals surface area contributed by atoms with Crippen molar-refractivity contribution in [1.29, 1.82) is 0 Å². The van der Waals surface area contributed by atoms with Crippen LogP contribution >= 0.6 is 0 Å². The first-order chi connectivity index (χ1) is 9.08. The van der Waals surface area contributed by atoms with E-state index in [0.29, 0.717) is 32.0 Å². The van der Waals surface area contributed by atoms with Gasteiger partial charge in [0.1, 0.15) is 5.75 Å². The average molecular weight is 265 g/mol. The maximum absolute atomic E-state index is 11.4. The largest absolute Gasteiger partial charge is 0.494 e. The van der Waals surface area contributed by atoms with Crippen LogP contribution < -0.4 is 10.2 Å². The summed E-state index contributed by atoms with van der Waals surface area (Å²) in [5, 5.41) is 0. The second kappa shape index (κ2) is 8.53. The molecule has 0 aliphatic carbocycles. The van der Waals surface area contributed by atoms with Crippen LogP contribution in [0.25, 0.3) is 0 Å². The minimum Gasteiger partial charge on any atom is -0.494 e. The molecule has 1 aromatic rings. The molecule has 0 radical (unpaired) electrons. The van der Waals surface area contributed by atoms with Gasteiger partial charge >= 0.3 is 0 Å². The van der Waals surface area contributed by atoms with Crippen LogP contribution in [0.3, 0.4) is 0 Å². The Labute approximate surface area is 115 Å². The lowest BCUT2D eigenvalue weighted by Crippen LogP contribution is -2.25. The van der Waals surface area contributed by atoms with Crippen LogP contribution in [-0.4, -0.2) is 19.1 Å². The van der Waals surface area contributed by atoms with Gasteiger partial charge in [-0.15, -0.1) is 0 Å². The third-order valence-corrected chi connectivity index (χ3v) is 2.44. The van der Waals surface area contributed by atoms with E-state index in [1.807, 2.05) is 45.0 Å². The van der Waals surface area contributed by atoms with Crippen molar-refractivity contribution >= 4 is 5.91 Å². The van der Waals surface area contributed by atoms with E-state index in [9.17, 15) is 4.79 Å². The summed E-state index contributed by atoms with van der Waals surface area (Å²) < 4.78 is 5.53. The van der Waals surface area contributed by atoms with Crippen molar-refractivity contribution in [2.75, 3.05) is 13.2 Å². The summed E-state index contributed by atoms with van der Waals surface area (Å²) in [7, 11) is 0. The lowest BCUT2D eigenvalue weighted by molar-refractivity contribution is -0.134. The van der Waals surface area contributed by atoms with Crippen LogP contribution in [-0.2, 0) is 9.63 Å². The molecule has 106 valence electrons. The van der Waals surface area contributed by atoms with Crippen LogP contribution in [0.4, 0.5) is 0 Å². The molecule has 0 unspecified atom stereocenters. The van der Waals surface area contributed by atoms with Gasteiger partial charge in [0.15, 0.2) is 0 Å². The number of rotatable bonds is 8. The van der Waals surface area contributed by atoms with Crippen molar-refractivity contribution in [1.82, 2.24) is 5.48 Å². The van der Waals surface area contributed by atoms with Crippen LogP contribution in [0.2, 0.25) is 0 Å². The number of hydroxylamine groups is 1. The summed E-state index contributed by atoms with van der Waals surface area (Å²) in [6.45, 7) is 7.15. The molecule has 0 bridgehead atoms. The molecule has 0 heterocycles. The van der Waals surface area contributed by atoms with E-state index in [-0.39, 0.29) is 5.91 Å². The van der Waals surface area contributed by atoms with Crippen LogP contribution in [0.15, 0.2) is 24.3 Å². The molecule has 0 saturated carbocycles. The van der Waals surface area contributed by atoms with Gasteiger partial charge < -0.3 is 4.74 Å². The molecule has 0 spiro atoms. The first-order valence-corrected chi connectivity index (χ1v) is 6.68. The van der Waals surface area contributed by atoms with E-state index in [2.05, 4.69) is 5.48 Å². The van der Waals surface area contributed by atoms with Gasteiger partial charge in [-0.1, -0.05) is 31.5 Å². The van der Waals surface area contributed by atoms with Crippen molar-refractivity contribution in [3.05, 3.63) is 29.8 Å². The SMILES string of the molecule is Cc1ccc(OCCCC(=O)NOCC(C)C)cc1. The van der Waals surface area contributed by atoms with Gasteiger partial charge in [-0.3, -0.25) is 9.63 Å². The Hall–Kier alpha value is -1.55. The van der Waals surface area contributed by atoms with Crippen LogP contribution in [0.5, 0.6) is 5.75 Å². The molecule has 1 amide bonds. The van der Waals surface area contributed by atoms with Gasteiger partial charge in [-0.25, -0.2) is 5.48 Å². The van der Waals surface area contributed by atoms with E-state index in [4.69, 9.17) is 9.57 Å². The zero-order valence-electron chi connectivity index (χ0n) is 11.9. The molecular formula is C15H23NO3. The van der Waals surface area contributed by atoms with Gasteiger partial charge in [0.2, 0.25) is 5.91 Å². The Balaban J connectivity index is 2.07. The lowest BCUT2D eigenvalue weighted by atomic mass is 10.2. The number of nitrogens with one attached hydrogen (secondary N) is 1. The Morgan fingerprint density at radius 1 is 1.26 bits per heavy atom. The van der Waals surface area contributed by atoms with Gasteiger partial charge in [0.05, 0.1) is 13.2 Å². The first kappa shape index (κ1) is 15.5. The molecule has 4 nitrogen and oxygen atoms in total. The zero-order valence-corrected chi connectivity index (χ0v) is 11.9. The summed E-state index contributed by atoms with van der Waals surface area (Å²) >= 11 is 0. The highest BCUT2D eigenvalue weighted by Gasteiger charge is 2.02. The fourth-order valence-corrected chi connectivity index (χ4v) is 1.40. The molecule has 19 heavy (non-hydrogen) atoms. The van der Waals surface area contributed by atoms with Crippen molar-refractivity contribution < 1.29 is 14.4 Å². The van der Waals surface area contributed by atoms with Crippen molar-refractivity contribution in [2.24, 2.45) is 5.92 Å². The number of aryl methyl sites for hydroxylation is 1. The molecule has 1 aromatic carbocycles. The van der Waals surface area contributed by atoms with Gasteiger partial charge in [-0.2, -0.15) is 0 Å². The second-order valence-electron chi connectivity index (χ2n) is 5.00. The third kappa shape index (κ3) is 7.47. The molecule has 4 heteroatoms. The van der Waals surface area contributed by atoms with Gasteiger partial charge in [-0.05, 0) is 31.4 Å². The first-order valence-electron chi connectivity index (χ1n) is 6.68. The van der Waals surface area contributed by atoms with E-state index >= 15 is 0 Å². The predicted octanol–water partition coefficient (Wildman–Crippen LogP) is 2.86. The Morgan fingerprint density at radius 3 is 2.58 bits per heavy atom. The normalized spacial score (nSPS) is 10.5. The summed E-state index contributed by atoms with van der Waals surface area (Å²) in [5.74, 6) is 1.14. The molecule has 0 fully saturated rings. The average Bonchev–Trinajstić information content (AvgIpc) is 2.36. The topological polar surface area (TPSA) is 47.6 Å². The fraction of sp³-hybridized carbons (Fsp3) is 0.533. The second-order valence-corrected chi connectivity index (χ2v) is 5.00. The molecule has 0 aliphatic heterocycles. The van der Waals surface area contributed by atoms with Crippen molar-refractivity contribution in [3.8, 4) is 5.75 Å². The number of carbonyl (C=O) groups excluding carboxylic acids is 1. The Bertz CT molecular complexity index is 373. The number of hydrogen-bond donors (Lipinski definition) is 1. The quantitative estimate of drug-likeness (QED) is 0.581. The van der Waals surface area contributed by atoms with Crippen molar-refractivity contribution in [2.45, 2.75) is 33.6 Å². The van der Waals surface area contributed by atoms with E-state index in [1.54, 1.807) is 0 Å². The maximum atomic E-state index is 11.4. The summed E-state index contributed by atoms with van der Waals surface area (Å²) in [4.78, 5) is 16.4.